The summed E-state index contributed by atoms with van der Waals surface area (Å²) >= 11 is 6.13. The molecule has 1 aliphatic rings. The van der Waals surface area contributed by atoms with Crippen LogP contribution in [0.15, 0.2) is 93.9 Å². The largest absolute Gasteiger partial charge is 0.467 e. The molecule has 1 aliphatic heterocycles. The van der Waals surface area contributed by atoms with E-state index in [1.54, 1.807) is 38.1 Å². The second-order valence-electron chi connectivity index (χ2n) is 10.2. The van der Waals surface area contributed by atoms with Gasteiger partial charge in [0.05, 0.1) is 23.3 Å². The molecule has 13 heteroatoms. The van der Waals surface area contributed by atoms with Gasteiger partial charge in [-0.2, -0.15) is 18.3 Å². The molecule has 0 saturated carbocycles. The molecule has 1 heterocycles. The van der Waals surface area contributed by atoms with Crippen molar-refractivity contribution in [3.8, 4) is 0 Å². The summed E-state index contributed by atoms with van der Waals surface area (Å²) in [5.74, 6) is -1.52. The molecular weight excluding hydrogens is 605 g/mol. The Labute approximate surface area is 253 Å². The van der Waals surface area contributed by atoms with Crippen LogP contribution in [0.1, 0.15) is 42.9 Å². The van der Waals surface area contributed by atoms with E-state index in [1.807, 2.05) is 30.3 Å². The molecule has 0 amide bonds. The zero-order valence-electron chi connectivity index (χ0n) is 23.5. The number of rotatable bonds is 7. The predicted octanol–water partition coefficient (Wildman–Crippen LogP) is 6.08. The second kappa shape index (κ2) is 13.2. The number of carbonyl (C=O) groups is 1. The molecule has 8 nitrogen and oxygen atoms in total. The van der Waals surface area contributed by atoms with Crippen LogP contribution in [0.2, 0.25) is 5.02 Å². The van der Waals surface area contributed by atoms with Gasteiger partial charge >= 0.3 is 12.1 Å². The van der Waals surface area contributed by atoms with Gasteiger partial charge in [-0.25, -0.2) is 27.9 Å². The number of hydrogen-bond acceptors (Lipinski definition) is 6. The summed E-state index contributed by atoms with van der Waals surface area (Å²) in [6, 6.07) is 18.7. The van der Waals surface area contributed by atoms with E-state index in [0.29, 0.717) is 29.3 Å². The molecule has 0 aliphatic carbocycles. The molecule has 0 spiro atoms. The second-order valence-corrected chi connectivity index (χ2v) is 12.3. The Morgan fingerprint density at radius 1 is 1.05 bits per heavy atom. The number of nitrogens with zero attached hydrogens (tertiary/aromatic N) is 3. The van der Waals surface area contributed by atoms with Crippen LogP contribution < -0.4 is 4.72 Å². The number of hydrogen-bond donors (Lipinski definition) is 1. The van der Waals surface area contributed by atoms with Crippen molar-refractivity contribution in [3.05, 3.63) is 101 Å². The van der Waals surface area contributed by atoms with Crippen LogP contribution in [0.3, 0.4) is 0 Å². The third-order valence-corrected chi connectivity index (χ3v) is 8.42. The summed E-state index contributed by atoms with van der Waals surface area (Å²) in [6.07, 6.45) is -4.14. The van der Waals surface area contributed by atoms with Gasteiger partial charge in [0, 0.05) is 17.5 Å². The van der Waals surface area contributed by atoms with E-state index < -0.39 is 38.7 Å². The molecule has 43 heavy (non-hydrogen) atoms. The Morgan fingerprint density at radius 2 is 1.67 bits per heavy atom. The topological polar surface area (TPSA) is 100 Å². The lowest BCUT2D eigenvalue weighted by molar-refractivity contribution is -0.143. The summed E-state index contributed by atoms with van der Waals surface area (Å²) in [4.78, 5) is 16.6. The van der Waals surface area contributed by atoms with E-state index in [9.17, 15) is 26.4 Å². The molecule has 2 atom stereocenters. The van der Waals surface area contributed by atoms with Gasteiger partial charge < -0.3 is 4.74 Å². The first-order chi connectivity index (χ1) is 20.3. The van der Waals surface area contributed by atoms with Crippen LogP contribution in [0.25, 0.3) is 0 Å². The molecule has 0 unspecified atom stereocenters. The summed E-state index contributed by atoms with van der Waals surface area (Å²) in [5.41, 5.74) is 1.34. The van der Waals surface area contributed by atoms with Gasteiger partial charge in [-0.3, -0.25) is 0 Å². The van der Waals surface area contributed by atoms with Crippen molar-refractivity contribution in [2.45, 2.75) is 43.3 Å². The monoisotopic (exact) mass is 634 g/mol. The summed E-state index contributed by atoms with van der Waals surface area (Å²) in [6.45, 7) is 3.64. The molecule has 228 valence electrons. The van der Waals surface area contributed by atoms with Crippen LogP contribution >= 0.6 is 11.6 Å². The summed E-state index contributed by atoms with van der Waals surface area (Å²) in [7, 11) is -3.26. The maximum absolute atomic E-state index is 13.4. The van der Waals surface area contributed by atoms with Crippen LogP contribution in [0.4, 0.5) is 13.2 Å². The number of methoxy groups -OCH3 is 1. The Hall–Kier alpha value is -3.90. The number of sulfonamides is 1. The van der Waals surface area contributed by atoms with Gasteiger partial charge in [-0.1, -0.05) is 67.9 Å². The van der Waals surface area contributed by atoms with E-state index in [0.717, 1.165) is 23.3 Å². The lowest BCUT2D eigenvalue weighted by Crippen LogP contribution is -2.46. The average Bonchev–Trinajstić information content (AvgIpc) is 2.99. The number of ether oxygens (including phenoxy) is 1. The van der Waals surface area contributed by atoms with Gasteiger partial charge in [-0.15, -0.1) is 0 Å². The number of nitrogens with one attached hydrogen (secondary N) is 1. The molecule has 0 fully saturated rings. The summed E-state index contributed by atoms with van der Waals surface area (Å²) < 4.78 is 73.4. The van der Waals surface area contributed by atoms with Gasteiger partial charge in [0.15, 0.2) is 6.04 Å². The van der Waals surface area contributed by atoms with Crippen LogP contribution in [-0.2, 0) is 25.7 Å². The molecule has 0 aromatic heterocycles. The van der Waals surface area contributed by atoms with E-state index in [1.165, 1.54) is 12.1 Å². The Balaban J connectivity index is 1.82. The van der Waals surface area contributed by atoms with Crippen LogP contribution in [0.5, 0.6) is 0 Å². The minimum absolute atomic E-state index is 0.159. The number of carbonyl (C=O) groups excluding carboxylic acids is 1. The third-order valence-electron chi connectivity index (χ3n) is 6.83. The van der Waals surface area contributed by atoms with Crippen molar-refractivity contribution in [3.63, 3.8) is 0 Å². The van der Waals surface area contributed by atoms with Crippen molar-refractivity contribution in [1.82, 2.24) is 9.73 Å². The Morgan fingerprint density at radius 3 is 2.23 bits per heavy atom. The minimum atomic E-state index is -4.64. The van der Waals surface area contributed by atoms with Gasteiger partial charge in [0.25, 0.3) is 10.0 Å². The smallest absolute Gasteiger partial charge is 0.416 e. The van der Waals surface area contributed by atoms with E-state index in [-0.39, 0.29) is 24.3 Å². The maximum atomic E-state index is 13.4. The van der Waals surface area contributed by atoms with E-state index in [2.05, 4.69) is 9.71 Å². The molecule has 1 N–H and O–H groups in total. The lowest BCUT2D eigenvalue weighted by Gasteiger charge is -2.32. The van der Waals surface area contributed by atoms with Gasteiger partial charge in [0.1, 0.15) is 0 Å². The highest BCUT2D eigenvalue weighted by atomic mass is 35.5. The minimum Gasteiger partial charge on any atom is -0.467 e. The molecular formula is C30H30ClF3N4O4S. The van der Waals surface area contributed by atoms with Gasteiger partial charge in [0.2, 0.25) is 5.96 Å². The first-order valence-electron chi connectivity index (χ1n) is 13.3. The van der Waals surface area contributed by atoms with Crippen molar-refractivity contribution in [2.24, 2.45) is 16.0 Å². The molecule has 4 rings (SSSR count). The fraction of sp³-hybridized carbons (Fsp3) is 0.300. The molecule has 3 aromatic rings. The van der Waals surface area contributed by atoms with Crippen molar-refractivity contribution >= 4 is 39.3 Å². The number of guanidine groups is 1. The number of benzene rings is 3. The van der Waals surface area contributed by atoms with Gasteiger partial charge in [-0.05, 0) is 59.9 Å². The van der Waals surface area contributed by atoms with Crippen molar-refractivity contribution in [1.29, 1.82) is 0 Å². The first kappa shape index (κ1) is 32.0. The van der Waals surface area contributed by atoms with Crippen molar-refractivity contribution in [2.75, 3.05) is 13.7 Å². The molecule has 0 bridgehead atoms. The van der Waals surface area contributed by atoms with Crippen LogP contribution in [0, 0.1) is 5.92 Å². The normalized spacial score (nSPS) is 16.9. The number of alkyl halides is 3. The number of esters is 1. The quantitative estimate of drug-likeness (QED) is 0.193. The Bertz CT molecular complexity index is 1600. The molecule has 0 saturated heterocycles. The third kappa shape index (κ3) is 7.74. The van der Waals surface area contributed by atoms with E-state index >= 15 is 0 Å². The zero-order valence-corrected chi connectivity index (χ0v) is 25.1. The van der Waals surface area contributed by atoms with E-state index in [4.69, 9.17) is 21.4 Å². The standard InChI is InChI=1S/C30H30ClF3N4O4S/c1-19(2)26(28(39)42-3)35-29(37-43(40,41)24-15-11-22(12-16-24)30(32,33)34)38-18-17-25(20-7-5-4-6-8-20)27(36-38)21-9-13-23(31)14-10-21/h4-16,19,25-26H,17-18H2,1-3H3,(H,35,37)/t25-,26+/m0/s1. The fourth-order valence-electron chi connectivity index (χ4n) is 4.55. The molecule has 3 aromatic carbocycles. The van der Waals surface area contributed by atoms with Crippen LogP contribution in [-0.4, -0.2) is 50.8 Å². The number of hydrazone groups is 1. The van der Waals surface area contributed by atoms with Crippen molar-refractivity contribution < 1.29 is 31.1 Å². The average molecular weight is 635 g/mol. The first-order valence-corrected chi connectivity index (χ1v) is 15.2. The fourth-order valence-corrected chi connectivity index (χ4v) is 5.69. The predicted molar refractivity (Wildman–Crippen MR) is 158 cm³/mol. The SMILES string of the molecule is COC(=O)[C@H](N=C(NS(=O)(=O)c1ccc(C(F)(F)F)cc1)N1CC[C@@H](c2ccccc2)C(c2ccc(Cl)cc2)=N1)C(C)C. The Kier molecular flexibility index (Phi) is 9.81. The lowest BCUT2D eigenvalue weighted by atomic mass is 9.86. The highest BCUT2D eigenvalue weighted by molar-refractivity contribution is 7.90. The summed E-state index contributed by atoms with van der Waals surface area (Å²) in [5, 5.41) is 6.69. The maximum Gasteiger partial charge on any atom is 0.416 e. The zero-order chi connectivity index (χ0) is 31.4. The number of halogens is 4. The number of aliphatic imine (C=N–C) groups is 1. The highest BCUT2D eigenvalue weighted by Gasteiger charge is 2.33. The molecule has 0 radical (unpaired) electrons. The highest BCUT2D eigenvalue weighted by Crippen LogP contribution is 2.31.